The monoisotopic (exact) mass is 311 g/mol. The topological polar surface area (TPSA) is 86.3 Å². The highest BCUT2D eigenvalue weighted by atomic mass is 16.5. The number of likely N-dealkylation sites (N-methyl/N-ethyl adjacent to an activating group) is 1. The van der Waals surface area contributed by atoms with Gasteiger partial charge in [-0.25, -0.2) is 0 Å². The normalized spacial score (nSPS) is 17.1. The van der Waals surface area contributed by atoms with Gasteiger partial charge in [-0.15, -0.1) is 0 Å². The molecule has 3 heterocycles. The summed E-state index contributed by atoms with van der Waals surface area (Å²) in [6.07, 6.45) is 4.59. The van der Waals surface area contributed by atoms with Crippen molar-refractivity contribution in [3.63, 3.8) is 0 Å². The Morgan fingerprint density at radius 1 is 1.52 bits per heavy atom. The van der Waals surface area contributed by atoms with E-state index in [9.17, 15) is 4.79 Å². The van der Waals surface area contributed by atoms with Crippen LogP contribution in [-0.2, 0) is 0 Å². The molecule has 2 aromatic heterocycles. The quantitative estimate of drug-likeness (QED) is 0.801. The zero-order valence-electron chi connectivity index (χ0n) is 13.1. The van der Waals surface area contributed by atoms with Crippen molar-refractivity contribution >= 4 is 5.91 Å². The molecule has 1 saturated heterocycles. The minimum Gasteiger partial charge on any atom is -0.350 e. The first-order valence-corrected chi connectivity index (χ1v) is 7.40. The highest BCUT2D eigenvalue weighted by Crippen LogP contribution is 2.21. The minimum absolute atomic E-state index is 0.0128. The van der Waals surface area contributed by atoms with Gasteiger partial charge in [-0.2, -0.15) is 5.26 Å². The summed E-state index contributed by atoms with van der Waals surface area (Å²) in [7, 11) is 1.73. The number of nitrogens with zero attached hydrogens (tertiary/aromatic N) is 5. The number of hydrogen-bond acceptors (Lipinski definition) is 6. The molecule has 23 heavy (non-hydrogen) atoms. The maximum absolute atomic E-state index is 12.5. The van der Waals surface area contributed by atoms with Gasteiger partial charge >= 0.3 is 0 Å². The van der Waals surface area contributed by atoms with Crippen LogP contribution in [-0.4, -0.2) is 52.0 Å². The van der Waals surface area contributed by atoms with Crippen molar-refractivity contribution in [3.8, 4) is 17.5 Å². The Bertz CT molecular complexity index is 764. The number of carbonyl (C=O) groups excluding carboxylic acids is 1. The van der Waals surface area contributed by atoms with Crippen LogP contribution in [0.5, 0.6) is 0 Å². The molecule has 1 aliphatic heterocycles. The Labute approximate surface area is 134 Å². The summed E-state index contributed by atoms with van der Waals surface area (Å²) in [5, 5.41) is 12.9. The van der Waals surface area contributed by atoms with E-state index in [-0.39, 0.29) is 17.7 Å². The van der Waals surface area contributed by atoms with Crippen LogP contribution in [0.2, 0.25) is 0 Å². The number of carbonyl (C=O) groups is 1. The van der Waals surface area contributed by atoms with Crippen LogP contribution in [0.25, 0.3) is 11.3 Å². The van der Waals surface area contributed by atoms with E-state index in [4.69, 9.17) is 9.78 Å². The average Bonchev–Trinajstić information content (AvgIpc) is 3.22. The lowest BCUT2D eigenvalue weighted by Crippen LogP contribution is -2.38. The summed E-state index contributed by atoms with van der Waals surface area (Å²) in [6, 6.07) is 5.37. The lowest BCUT2D eigenvalue weighted by atomic mass is 10.1. The third-order valence-corrected chi connectivity index (χ3v) is 4.09. The fourth-order valence-corrected chi connectivity index (χ4v) is 2.71. The molecule has 0 bridgehead atoms. The number of likely N-dealkylation sites (tertiary alicyclic amines) is 1. The molecule has 118 valence electrons. The van der Waals surface area contributed by atoms with E-state index in [1.807, 2.05) is 19.1 Å². The van der Waals surface area contributed by atoms with Crippen LogP contribution in [0.4, 0.5) is 0 Å². The van der Waals surface area contributed by atoms with Gasteiger partial charge in [-0.3, -0.25) is 9.78 Å². The Kier molecular flexibility index (Phi) is 3.98. The molecule has 0 spiro atoms. The molecule has 1 unspecified atom stereocenters. The van der Waals surface area contributed by atoms with Gasteiger partial charge in [0.15, 0.2) is 6.19 Å². The molecule has 7 heteroatoms. The summed E-state index contributed by atoms with van der Waals surface area (Å²) in [5.41, 5.74) is 2.34. The molecule has 1 amide bonds. The summed E-state index contributed by atoms with van der Waals surface area (Å²) in [6.45, 7) is 3.13. The largest absolute Gasteiger partial charge is 0.350 e. The second kappa shape index (κ2) is 6.08. The lowest BCUT2D eigenvalue weighted by Gasteiger charge is -2.22. The first-order valence-electron chi connectivity index (χ1n) is 7.40. The summed E-state index contributed by atoms with van der Waals surface area (Å²) >= 11 is 0. The minimum atomic E-state index is -0.223. The van der Waals surface area contributed by atoms with Crippen LogP contribution in [0.3, 0.4) is 0 Å². The van der Waals surface area contributed by atoms with Gasteiger partial charge in [0.25, 0.3) is 5.91 Å². The van der Waals surface area contributed by atoms with E-state index < -0.39 is 0 Å². The van der Waals surface area contributed by atoms with Gasteiger partial charge in [-0.05, 0) is 25.5 Å². The first-order chi connectivity index (χ1) is 11.1. The summed E-state index contributed by atoms with van der Waals surface area (Å²) in [4.78, 5) is 19.9. The molecule has 0 N–H and O–H groups in total. The molecular weight excluding hydrogens is 294 g/mol. The van der Waals surface area contributed by atoms with E-state index in [0.717, 1.165) is 17.7 Å². The number of aromatic nitrogens is 2. The van der Waals surface area contributed by atoms with Crippen molar-refractivity contribution in [2.45, 2.75) is 19.4 Å². The highest BCUT2D eigenvalue weighted by molar-refractivity contribution is 5.92. The van der Waals surface area contributed by atoms with E-state index in [2.05, 4.69) is 16.3 Å². The van der Waals surface area contributed by atoms with Gasteiger partial charge in [0, 0.05) is 43.7 Å². The molecule has 3 rings (SSSR count). The van der Waals surface area contributed by atoms with Gasteiger partial charge in [-0.1, -0.05) is 5.16 Å². The van der Waals surface area contributed by atoms with Crippen molar-refractivity contribution in [2.75, 3.05) is 20.1 Å². The number of amides is 1. The van der Waals surface area contributed by atoms with Crippen LogP contribution in [0, 0.1) is 18.4 Å². The molecule has 0 saturated carbocycles. The van der Waals surface area contributed by atoms with Gasteiger partial charge in [0.2, 0.25) is 5.76 Å². The number of hydrogen-bond donors (Lipinski definition) is 0. The van der Waals surface area contributed by atoms with Crippen molar-refractivity contribution < 1.29 is 9.32 Å². The third kappa shape index (κ3) is 3.01. The fourth-order valence-electron chi connectivity index (χ4n) is 2.71. The maximum Gasteiger partial charge on any atom is 0.292 e. The molecule has 2 aromatic rings. The van der Waals surface area contributed by atoms with Crippen molar-refractivity contribution in [1.29, 1.82) is 5.26 Å². The van der Waals surface area contributed by atoms with Crippen molar-refractivity contribution in [2.24, 2.45) is 0 Å². The zero-order chi connectivity index (χ0) is 16.4. The smallest absolute Gasteiger partial charge is 0.292 e. The van der Waals surface area contributed by atoms with E-state index in [1.54, 1.807) is 29.1 Å². The summed E-state index contributed by atoms with van der Waals surface area (Å²) < 4.78 is 5.21. The molecular formula is C16H17N5O2. The van der Waals surface area contributed by atoms with Crippen LogP contribution >= 0.6 is 0 Å². The second-order valence-corrected chi connectivity index (χ2v) is 5.67. The maximum atomic E-state index is 12.5. The van der Waals surface area contributed by atoms with Crippen LogP contribution in [0.15, 0.2) is 28.9 Å². The van der Waals surface area contributed by atoms with Crippen molar-refractivity contribution in [1.82, 2.24) is 19.9 Å². The Morgan fingerprint density at radius 2 is 2.35 bits per heavy atom. The molecule has 0 aromatic carbocycles. The molecule has 7 nitrogen and oxygen atoms in total. The van der Waals surface area contributed by atoms with Gasteiger partial charge in [0.1, 0.15) is 5.69 Å². The number of pyridine rings is 1. The SMILES string of the molecule is Cc1cc(-c2cc(C(=O)N(C)C3CCN(C#N)C3)on2)ccn1. The molecule has 0 aliphatic carbocycles. The van der Waals surface area contributed by atoms with Crippen molar-refractivity contribution in [3.05, 3.63) is 35.9 Å². The van der Waals surface area contributed by atoms with E-state index in [0.29, 0.717) is 18.8 Å². The fraction of sp³-hybridized carbons (Fsp3) is 0.375. The van der Waals surface area contributed by atoms with E-state index in [1.165, 1.54) is 0 Å². The first kappa shape index (κ1) is 15.0. The molecule has 1 aliphatic rings. The Balaban J connectivity index is 1.75. The predicted molar refractivity (Wildman–Crippen MR) is 82.2 cm³/mol. The van der Waals surface area contributed by atoms with Gasteiger partial charge < -0.3 is 14.3 Å². The number of nitriles is 1. The highest BCUT2D eigenvalue weighted by Gasteiger charge is 2.30. The number of aryl methyl sites for hydroxylation is 1. The molecule has 0 radical (unpaired) electrons. The lowest BCUT2D eigenvalue weighted by molar-refractivity contribution is 0.0697. The van der Waals surface area contributed by atoms with E-state index >= 15 is 0 Å². The zero-order valence-corrected chi connectivity index (χ0v) is 13.1. The Morgan fingerprint density at radius 3 is 3.04 bits per heavy atom. The second-order valence-electron chi connectivity index (χ2n) is 5.67. The van der Waals surface area contributed by atoms with Crippen LogP contribution < -0.4 is 0 Å². The molecule has 1 atom stereocenters. The number of rotatable bonds is 3. The standard InChI is InChI=1S/C16H17N5O2/c1-11-7-12(3-5-18-11)14-8-15(23-19-14)16(22)20(2)13-4-6-21(9-13)10-17/h3,5,7-8,13H,4,6,9H2,1-2H3. The van der Waals surface area contributed by atoms with Crippen LogP contribution in [0.1, 0.15) is 22.7 Å². The summed E-state index contributed by atoms with van der Waals surface area (Å²) in [5.74, 6) is -0.0216. The average molecular weight is 311 g/mol. The third-order valence-electron chi connectivity index (χ3n) is 4.09. The molecule has 1 fully saturated rings. The van der Waals surface area contributed by atoms with Gasteiger partial charge in [0.05, 0.1) is 6.04 Å². The predicted octanol–water partition coefficient (Wildman–Crippen LogP) is 1.67. The Hall–Kier alpha value is -2.88.